The molecule has 0 heterocycles. The predicted octanol–water partition coefficient (Wildman–Crippen LogP) is 17.8. The smallest absolute Gasteiger partial charge is 0.462 e. The average molecular weight is 1250 g/mol. The first-order valence-corrected chi connectivity index (χ1v) is 36.7. The number of phosphoric acid groups is 2. The van der Waals surface area contributed by atoms with Crippen LogP contribution in [0.25, 0.3) is 0 Å². The van der Waals surface area contributed by atoms with Crippen molar-refractivity contribution in [1.82, 2.24) is 0 Å². The van der Waals surface area contributed by atoms with Crippen molar-refractivity contribution in [1.29, 1.82) is 0 Å². The maximum atomic E-state index is 13.0. The number of rotatable bonds is 62. The Bertz CT molecular complexity index is 1770. The molecule has 0 spiro atoms. The Morgan fingerprint density at radius 1 is 0.365 bits per heavy atom. The van der Waals surface area contributed by atoms with Crippen LogP contribution in [-0.4, -0.2) is 96.7 Å². The third kappa shape index (κ3) is 60.2. The minimum Gasteiger partial charge on any atom is -0.462 e. The summed E-state index contributed by atoms with van der Waals surface area (Å²) in [7, 11) is -9.90. The molecule has 0 amide bonds. The predicted molar refractivity (Wildman–Crippen MR) is 340 cm³/mol. The monoisotopic (exact) mass is 1250 g/mol. The number of carbonyl (C=O) groups excluding carboxylic acids is 4. The highest BCUT2D eigenvalue weighted by Gasteiger charge is 2.30. The zero-order valence-corrected chi connectivity index (χ0v) is 56.3. The molecule has 19 heteroatoms. The molecule has 0 aliphatic rings. The third-order valence-corrected chi connectivity index (χ3v) is 16.4. The van der Waals surface area contributed by atoms with Gasteiger partial charge in [0, 0.05) is 25.7 Å². The van der Waals surface area contributed by atoms with Crippen LogP contribution in [0.3, 0.4) is 0 Å². The van der Waals surface area contributed by atoms with Crippen LogP contribution in [0.15, 0.2) is 24.3 Å². The summed E-state index contributed by atoms with van der Waals surface area (Å²) in [6, 6.07) is 0. The van der Waals surface area contributed by atoms with E-state index in [1.54, 1.807) is 0 Å². The molecule has 0 saturated carbocycles. The maximum absolute atomic E-state index is 13.0. The van der Waals surface area contributed by atoms with E-state index in [1.165, 1.54) is 89.9 Å². The largest absolute Gasteiger partial charge is 0.472 e. The van der Waals surface area contributed by atoms with E-state index < -0.39 is 97.5 Å². The summed E-state index contributed by atoms with van der Waals surface area (Å²) in [5.41, 5.74) is 0. The first-order chi connectivity index (χ1) is 40.7. The number of hydrogen-bond acceptors (Lipinski definition) is 15. The van der Waals surface area contributed by atoms with Crippen molar-refractivity contribution in [2.24, 2.45) is 17.8 Å². The van der Waals surface area contributed by atoms with Crippen LogP contribution in [-0.2, 0) is 65.4 Å². The molecule has 3 N–H and O–H groups in total. The van der Waals surface area contributed by atoms with Gasteiger partial charge in [0.15, 0.2) is 12.2 Å². The van der Waals surface area contributed by atoms with Crippen molar-refractivity contribution in [2.75, 3.05) is 39.6 Å². The van der Waals surface area contributed by atoms with E-state index in [4.69, 9.17) is 37.0 Å². The summed E-state index contributed by atoms with van der Waals surface area (Å²) in [6.45, 7) is 11.6. The molecule has 0 aromatic carbocycles. The van der Waals surface area contributed by atoms with Crippen molar-refractivity contribution in [3.8, 4) is 0 Å². The standard InChI is InChI=1S/C66H124O17P2/c1-8-9-10-11-12-13-14-15-16-17-18-19-26-35-42-49-65(70)82-61(53-77-64(69)48-41-34-27-22-24-31-38-45-58(4)5)55-80-84(72,73)78-51-60(67)52-79-85(74,75)81-56-62(83-66(71)50-43-36-29-28-32-39-46-59(6)7)54-76-63(68)47-40-33-25-21-20-23-30-37-44-57(2)3/h13-16,57-62,67H,8-12,17-56H2,1-7H3,(H,72,73)(H,74,75)/b14-13-,16-15-/t60?,61-,62-/m1/s1. The van der Waals surface area contributed by atoms with Gasteiger partial charge in [0.2, 0.25) is 0 Å². The molecule has 5 atom stereocenters. The fraction of sp³-hybridized carbons (Fsp3) is 0.879. The first kappa shape index (κ1) is 82.5. The van der Waals surface area contributed by atoms with E-state index in [9.17, 15) is 43.2 Å². The molecule has 0 bridgehead atoms. The molecule has 0 fully saturated rings. The highest BCUT2D eigenvalue weighted by molar-refractivity contribution is 7.47. The number of allylic oxidation sites excluding steroid dienone is 4. The Hall–Kier alpha value is -2.46. The lowest BCUT2D eigenvalue weighted by Crippen LogP contribution is -2.30. The van der Waals surface area contributed by atoms with Gasteiger partial charge in [0.05, 0.1) is 26.4 Å². The van der Waals surface area contributed by atoms with Gasteiger partial charge in [-0.15, -0.1) is 0 Å². The molecular weight excluding hydrogens is 1130 g/mol. The third-order valence-electron chi connectivity index (χ3n) is 14.5. The van der Waals surface area contributed by atoms with Gasteiger partial charge in [-0.1, -0.05) is 246 Å². The Morgan fingerprint density at radius 2 is 0.635 bits per heavy atom. The van der Waals surface area contributed by atoms with Gasteiger partial charge >= 0.3 is 39.5 Å². The summed E-state index contributed by atoms with van der Waals surface area (Å²) >= 11 is 0. The van der Waals surface area contributed by atoms with Gasteiger partial charge in [-0.3, -0.25) is 37.3 Å². The average Bonchev–Trinajstić information content (AvgIpc) is 3.63. The lowest BCUT2D eigenvalue weighted by atomic mass is 10.0. The van der Waals surface area contributed by atoms with Crippen LogP contribution in [0.4, 0.5) is 0 Å². The molecule has 3 unspecified atom stereocenters. The SMILES string of the molecule is CCCCCC/C=C\C=C/CCCCCCCC(=O)O[C@H](COC(=O)CCCCCCCCCC(C)C)COP(=O)(O)OCC(O)COP(=O)(O)OC[C@@H](COC(=O)CCCCCCCCCCC(C)C)OC(=O)CCCCCCCCC(C)C. The molecular formula is C66H124O17P2. The number of hydrogen-bond donors (Lipinski definition) is 3. The number of unbranched alkanes of at least 4 members (excludes halogenated alkanes) is 27. The van der Waals surface area contributed by atoms with Gasteiger partial charge in [-0.25, -0.2) is 9.13 Å². The molecule has 0 aromatic heterocycles. The van der Waals surface area contributed by atoms with Gasteiger partial charge in [0.1, 0.15) is 19.3 Å². The van der Waals surface area contributed by atoms with Crippen LogP contribution in [0.2, 0.25) is 0 Å². The molecule has 17 nitrogen and oxygen atoms in total. The van der Waals surface area contributed by atoms with Crippen molar-refractivity contribution in [3.63, 3.8) is 0 Å². The minimum absolute atomic E-state index is 0.0834. The summed E-state index contributed by atoms with van der Waals surface area (Å²) < 4.78 is 68.0. The Morgan fingerprint density at radius 3 is 0.953 bits per heavy atom. The van der Waals surface area contributed by atoms with E-state index in [2.05, 4.69) is 72.8 Å². The normalized spacial score (nSPS) is 14.5. The van der Waals surface area contributed by atoms with Crippen molar-refractivity contribution in [2.45, 2.75) is 317 Å². The van der Waals surface area contributed by atoms with Crippen LogP contribution in [0.5, 0.6) is 0 Å². The molecule has 0 radical (unpaired) electrons. The molecule has 85 heavy (non-hydrogen) atoms. The number of aliphatic hydroxyl groups is 1. The molecule has 0 rings (SSSR count). The highest BCUT2D eigenvalue weighted by atomic mass is 31.2. The topological polar surface area (TPSA) is 237 Å². The van der Waals surface area contributed by atoms with Crippen molar-refractivity contribution >= 4 is 39.5 Å². The second kappa shape index (κ2) is 56.8. The Labute approximate surface area is 516 Å². The van der Waals surface area contributed by atoms with E-state index in [-0.39, 0.29) is 25.7 Å². The second-order valence-electron chi connectivity index (χ2n) is 24.6. The summed E-state index contributed by atoms with van der Waals surface area (Å²) in [6.07, 6.45) is 41.5. The number of esters is 4. The van der Waals surface area contributed by atoms with Crippen LogP contribution in [0, 0.1) is 17.8 Å². The molecule has 500 valence electrons. The fourth-order valence-corrected chi connectivity index (χ4v) is 10.9. The zero-order valence-electron chi connectivity index (χ0n) is 54.5. The number of phosphoric ester groups is 2. The lowest BCUT2D eigenvalue weighted by Gasteiger charge is -2.21. The van der Waals surface area contributed by atoms with Gasteiger partial charge in [-0.2, -0.15) is 0 Å². The number of aliphatic hydroxyl groups excluding tert-OH is 1. The summed E-state index contributed by atoms with van der Waals surface area (Å²) in [5.74, 6) is -0.0752. The van der Waals surface area contributed by atoms with Gasteiger partial charge in [-0.05, 0) is 69.1 Å². The zero-order chi connectivity index (χ0) is 63.1. The summed E-state index contributed by atoms with van der Waals surface area (Å²) in [4.78, 5) is 72.2. The van der Waals surface area contributed by atoms with E-state index in [1.807, 2.05) is 0 Å². The van der Waals surface area contributed by atoms with E-state index >= 15 is 0 Å². The molecule has 0 saturated heterocycles. The molecule has 0 aliphatic heterocycles. The Balaban J connectivity index is 5.27. The number of ether oxygens (including phenoxy) is 4. The summed E-state index contributed by atoms with van der Waals surface area (Å²) in [5, 5.41) is 10.5. The van der Waals surface area contributed by atoms with Crippen molar-refractivity contribution < 1.29 is 80.2 Å². The second-order valence-corrected chi connectivity index (χ2v) is 27.5. The van der Waals surface area contributed by atoms with Crippen LogP contribution >= 0.6 is 15.6 Å². The quantitative estimate of drug-likeness (QED) is 0.0169. The lowest BCUT2D eigenvalue weighted by molar-refractivity contribution is -0.161. The van der Waals surface area contributed by atoms with Crippen molar-refractivity contribution in [3.05, 3.63) is 24.3 Å². The van der Waals surface area contributed by atoms with E-state index in [0.29, 0.717) is 37.5 Å². The maximum Gasteiger partial charge on any atom is 0.472 e. The Kier molecular flexibility index (Phi) is 55.1. The molecule has 0 aromatic rings. The molecule has 0 aliphatic carbocycles. The van der Waals surface area contributed by atoms with Crippen LogP contribution < -0.4 is 0 Å². The van der Waals surface area contributed by atoms with E-state index in [0.717, 1.165) is 115 Å². The highest BCUT2D eigenvalue weighted by Crippen LogP contribution is 2.45. The minimum atomic E-state index is -4.96. The fourth-order valence-electron chi connectivity index (χ4n) is 9.29. The van der Waals surface area contributed by atoms with Gasteiger partial charge in [0.25, 0.3) is 0 Å². The first-order valence-electron chi connectivity index (χ1n) is 33.7. The number of carbonyl (C=O) groups is 4. The van der Waals surface area contributed by atoms with Crippen LogP contribution in [0.1, 0.15) is 299 Å². The van der Waals surface area contributed by atoms with Gasteiger partial charge < -0.3 is 33.8 Å².